The largest absolute Gasteiger partial charge is 0.479 e. The summed E-state index contributed by atoms with van der Waals surface area (Å²) >= 11 is 6.04. The number of carbonyl (C=O) groups excluding carboxylic acids is 1. The number of carbonyl (C=O) groups is 1. The van der Waals surface area contributed by atoms with Crippen molar-refractivity contribution in [3.05, 3.63) is 29.3 Å². The first kappa shape index (κ1) is 15.1. The second-order valence-corrected chi connectivity index (χ2v) is 5.49. The summed E-state index contributed by atoms with van der Waals surface area (Å²) in [6.07, 6.45) is 1.46. The van der Waals surface area contributed by atoms with Gasteiger partial charge in [0.05, 0.1) is 5.02 Å². The fraction of sp³-hybridized carbons (Fsp3) is 0.533. The van der Waals surface area contributed by atoms with Gasteiger partial charge in [0, 0.05) is 19.1 Å². The summed E-state index contributed by atoms with van der Waals surface area (Å²) in [5.41, 5.74) is 0. The van der Waals surface area contributed by atoms with Crippen LogP contribution in [0, 0.1) is 0 Å². The summed E-state index contributed by atoms with van der Waals surface area (Å²) in [4.78, 5) is 14.2. The Morgan fingerprint density at radius 1 is 1.40 bits per heavy atom. The normalized spacial score (nSPS) is 17.9. The van der Waals surface area contributed by atoms with Gasteiger partial charge >= 0.3 is 0 Å². The molecule has 1 unspecified atom stereocenters. The van der Waals surface area contributed by atoms with E-state index in [1.165, 1.54) is 0 Å². The summed E-state index contributed by atoms with van der Waals surface area (Å²) in [6.45, 7) is 3.33. The maximum absolute atomic E-state index is 12.3. The lowest BCUT2D eigenvalue weighted by molar-refractivity contribution is -0.139. The van der Waals surface area contributed by atoms with Gasteiger partial charge < -0.3 is 15.0 Å². The average Bonchev–Trinajstić information content (AvgIpc) is 2.49. The van der Waals surface area contributed by atoms with Gasteiger partial charge in [-0.15, -0.1) is 0 Å². The van der Waals surface area contributed by atoms with Gasteiger partial charge in [-0.25, -0.2) is 0 Å². The third-order valence-electron chi connectivity index (χ3n) is 3.70. The molecular formula is C15H21ClN2O2. The monoisotopic (exact) mass is 296 g/mol. The second-order valence-electron chi connectivity index (χ2n) is 5.08. The first-order valence-electron chi connectivity index (χ1n) is 6.99. The van der Waals surface area contributed by atoms with Crippen LogP contribution in [0.1, 0.15) is 19.8 Å². The van der Waals surface area contributed by atoms with Crippen molar-refractivity contribution in [3.8, 4) is 5.75 Å². The molecule has 1 atom stereocenters. The molecule has 1 N–H and O–H groups in total. The van der Waals surface area contributed by atoms with E-state index >= 15 is 0 Å². The lowest BCUT2D eigenvalue weighted by Crippen LogP contribution is -2.48. The third-order valence-corrected chi connectivity index (χ3v) is 4.02. The van der Waals surface area contributed by atoms with Crippen molar-refractivity contribution >= 4 is 17.5 Å². The van der Waals surface area contributed by atoms with E-state index in [0.717, 1.165) is 25.9 Å². The van der Waals surface area contributed by atoms with Crippen molar-refractivity contribution in [1.82, 2.24) is 10.2 Å². The molecule has 0 bridgehead atoms. The zero-order valence-corrected chi connectivity index (χ0v) is 12.7. The van der Waals surface area contributed by atoms with Gasteiger partial charge in [0.15, 0.2) is 6.10 Å². The molecule has 110 valence electrons. The highest BCUT2D eigenvalue weighted by Gasteiger charge is 2.26. The molecule has 1 aromatic carbocycles. The molecular weight excluding hydrogens is 276 g/mol. The molecule has 2 rings (SSSR count). The standard InChI is InChI=1S/C15H21ClN2O2/c1-11(20-14-6-4-3-5-13(14)16)15(19)18-9-7-12(17-2)8-10-18/h3-6,11-12,17H,7-10H2,1-2H3. The predicted octanol–water partition coefficient (Wildman–Crippen LogP) is 2.32. The molecule has 1 heterocycles. The number of likely N-dealkylation sites (tertiary alicyclic amines) is 1. The van der Waals surface area contributed by atoms with E-state index in [-0.39, 0.29) is 5.91 Å². The number of hydrogen-bond acceptors (Lipinski definition) is 3. The average molecular weight is 297 g/mol. The number of benzene rings is 1. The van der Waals surface area contributed by atoms with Crippen LogP contribution in [0.4, 0.5) is 0 Å². The van der Waals surface area contributed by atoms with E-state index in [2.05, 4.69) is 5.32 Å². The van der Waals surface area contributed by atoms with Crippen molar-refractivity contribution in [2.75, 3.05) is 20.1 Å². The van der Waals surface area contributed by atoms with E-state index in [9.17, 15) is 4.79 Å². The van der Waals surface area contributed by atoms with E-state index in [1.807, 2.05) is 24.1 Å². The minimum Gasteiger partial charge on any atom is -0.479 e. The Bertz CT molecular complexity index is 459. The number of rotatable bonds is 4. The van der Waals surface area contributed by atoms with Gasteiger partial charge in [-0.3, -0.25) is 4.79 Å². The summed E-state index contributed by atoms with van der Waals surface area (Å²) in [5, 5.41) is 3.78. The molecule has 1 saturated heterocycles. The van der Waals surface area contributed by atoms with Gasteiger partial charge in [-0.1, -0.05) is 23.7 Å². The summed E-state index contributed by atoms with van der Waals surface area (Å²) in [5.74, 6) is 0.583. The van der Waals surface area contributed by atoms with Crippen LogP contribution >= 0.6 is 11.6 Å². The molecule has 0 aliphatic carbocycles. The van der Waals surface area contributed by atoms with Crippen molar-refractivity contribution in [3.63, 3.8) is 0 Å². The minimum absolute atomic E-state index is 0.0273. The van der Waals surface area contributed by atoms with Gasteiger partial charge in [0.2, 0.25) is 0 Å². The summed E-state index contributed by atoms with van der Waals surface area (Å²) in [7, 11) is 1.96. The van der Waals surface area contributed by atoms with Crippen molar-refractivity contribution < 1.29 is 9.53 Å². The van der Waals surface area contributed by atoms with E-state index in [1.54, 1.807) is 19.1 Å². The highest BCUT2D eigenvalue weighted by Crippen LogP contribution is 2.24. The molecule has 1 fully saturated rings. The van der Waals surface area contributed by atoms with Gasteiger partial charge in [-0.2, -0.15) is 0 Å². The quantitative estimate of drug-likeness (QED) is 0.927. The topological polar surface area (TPSA) is 41.6 Å². The molecule has 0 saturated carbocycles. The number of piperidine rings is 1. The first-order valence-corrected chi connectivity index (χ1v) is 7.37. The zero-order chi connectivity index (χ0) is 14.5. The number of halogens is 1. The number of ether oxygens (including phenoxy) is 1. The summed E-state index contributed by atoms with van der Waals surface area (Å²) < 4.78 is 5.67. The zero-order valence-electron chi connectivity index (χ0n) is 11.9. The van der Waals surface area contributed by atoms with E-state index < -0.39 is 6.10 Å². The van der Waals surface area contributed by atoms with Crippen LogP contribution in [0.2, 0.25) is 5.02 Å². The summed E-state index contributed by atoms with van der Waals surface area (Å²) in [6, 6.07) is 7.73. The van der Waals surface area contributed by atoms with Crippen LogP contribution in [0.25, 0.3) is 0 Å². The Labute approximate surface area is 125 Å². The lowest BCUT2D eigenvalue weighted by atomic mass is 10.0. The smallest absolute Gasteiger partial charge is 0.263 e. The van der Waals surface area contributed by atoms with Crippen LogP contribution in [0.15, 0.2) is 24.3 Å². The fourth-order valence-corrected chi connectivity index (χ4v) is 2.61. The highest BCUT2D eigenvalue weighted by molar-refractivity contribution is 6.32. The Morgan fingerprint density at radius 3 is 2.65 bits per heavy atom. The molecule has 0 aromatic heterocycles. The number of para-hydroxylation sites is 1. The maximum Gasteiger partial charge on any atom is 0.263 e. The second kappa shape index (κ2) is 6.95. The van der Waals surface area contributed by atoms with E-state index in [0.29, 0.717) is 16.8 Å². The minimum atomic E-state index is -0.513. The Kier molecular flexibility index (Phi) is 5.26. The fourth-order valence-electron chi connectivity index (χ4n) is 2.43. The molecule has 4 nitrogen and oxygen atoms in total. The van der Waals surface area contributed by atoms with Gasteiger partial charge in [0.1, 0.15) is 5.75 Å². The molecule has 0 radical (unpaired) electrons. The Hall–Kier alpha value is -1.26. The SMILES string of the molecule is CNC1CCN(C(=O)C(C)Oc2ccccc2Cl)CC1. The van der Waals surface area contributed by atoms with Crippen LogP contribution in [0.5, 0.6) is 5.75 Å². The molecule has 20 heavy (non-hydrogen) atoms. The Balaban J connectivity index is 1.91. The molecule has 1 aromatic rings. The van der Waals surface area contributed by atoms with Gasteiger partial charge in [-0.05, 0) is 38.9 Å². The maximum atomic E-state index is 12.3. The Morgan fingerprint density at radius 2 is 2.05 bits per heavy atom. The van der Waals surface area contributed by atoms with Crippen LogP contribution in [0.3, 0.4) is 0 Å². The number of nitrogens with one attached hydrogen (secondary N) is 1. The highest BCUT2D eigenvalue weighted by atomic mass is 35.5. The molecule has 1 amide bonds. The van der Waals surface area contributed by atoms with Crippen molar-refractivity contribution in [2.24, 2.45) is 0 Å². The van der Waals surface area contributed by atoms with Gasteiger partial charge in [0.25, 0.3) is 5.91 Å². The van der Waals surface area contributed by atoms with Crippen molar-refractivity contribution in [1.29, 1.82) is 0 Å². The molecule has 0 spiro atoms. The molecule has 1 aliphatic heterocycles. The first-order chi connectivity index (χ1) is 9.61. The lowest BCUT2D eigenvalue weighted by Gasteiger charge is -2.33. The number of nitrogens with zero attached hydrogens (tertiary/aromatic N) is 1. The predicted molar refractivity (Wildman–Crippen MR) is 80.2 cm³/mol. The van der Waals surface area contributed by atoms with Crippen LogP contribution < -0.4 is 10.1 Å². The molecule has 5 heteroatoms. The van der Waals surface area contributed by atoms with E-state index in [4.69, 9.17) is 16.3 Å². The van der Waals surface area contributed by atoms with Crippen molar-refractivity contribution in [2.45, 2.75) is 31.9 Å². The molecule has 1 aliphatic rings. The number of amides is 1. The third kappa shape index (κ3) is 3.64. The number of hydrogen-bond donors (Lipinski definition) is 1. The van der Waals surface area contributed by atoms with Crippen LogP contribution in [-0.4, -0.2) is 43.1 Å². The van der Waals surface area contributed by atoms with Crippen LogP contribution in [-0.2, 0) is 4.79 Å².